The lowest BCUT2D eigenvalue weighted by molar-refractivity contribution is 0.358. The fourth-order valence-electron chi connectivity index (χ4n) is 2.24. The summed E-state index contributed by atoms with van der Waals surface area (Å²) in [7, 11) is 0. The summed E-state index contributed by atoms with van der Waals surface area (Å²) < 4.78 is 0. The van der Waals surface area contributed by atoms with Crippen LogP contribution in [0.1, 0.15) is 32.6 Å². The van der Waals surface area contributed by atoms with E-state index in [1.54, 1.807) is 0 Å². The van der Waals surface area contributed by atoms with E-state index in [-0.39, 0.29) is 0 Å². The molecule has 1 N–H and O–H groups in total. The maximum Gasteiger partial charge on any atom is 0.156 e. The summed E-state index contributed by atoms with van der Waals surface area (Å²) in [5.74, 6) is 1.29. The Morgan fingerprint density at radius 2 is 2.23 bits per heavy atom. The molecule has 1 fully saturated rings. The molecule has 0 aromatic rings. The molecule has 0 radical (unpaired) electrons. The first-order chi connectivity index (χ1) is 6.35. The molecule has 0 aromatic carbocycles. The van der Waals surface area contributed by atoms with Gasteiger partial charge in [0.2, 0.25) is 0 Å². The molecule has 74 valence electrons. The van der Waals surface area contributed by atoms with Gasteiger partial charge >= 0.3 is 0 Å². The van der Waals surface area contributed by atoms with Gasteiger partial charge in [0.05, 0.1) is 0 Å². The minimum absolute atomic E-state index is 0.587. The molecule has 1 aliphatic carbocycles. The highest BCUT2D eigenvalue weighted by molar-refractivity contribution is 8.13. The minimum atomic E-state index is 0.587. The molecule has 2 nitrogen and oxygen atoms in total. The quantitative estimate of drug-likeness (QED) is 0.699. The predicted molar refractivity (Wildman–Crippen MR) is 59.3 cm³/mol. The van der Waals surface area contributed by atoms with Gasteiger partial charge in [0.15, 0.2) is 5.17 Å². The van der Waals surface area contributed by atoms with Crippen LogP contribution in [-0.4, -0.2) is 24.0 Å². The van der Waals surface area contributed by atoms with E-state index in [1.165, 1.54) is 36.6 Å². The Balaban J connectivity index is 1.94. The van der Waals surface area contributed by atoms with Gasteiger partial charge in [-0.15, -0.1) is 0 Å². The van der Waals surface area contributed by atoms with Crippen LogP contribution in [0.3, 0.4) is 0 Å². The van der Waals surface area contributed by atoms with Crippen molar-refractivity contribution < 1.29 is 0 Å². The molecule has 2 aliphatic rings. The Morgan fingerprint density at radius 3 is 2.77 bits per heavy atom. The van der Waals surface area contributed by atoms with E-state index in [1.807, 2.05) is 11.8 Å². The molecule has 0 aromatic heterocycles. The van der Waals surface area contributed by atoms with Gasteiger partial charge in [0.25, 0.3) is 0 Å². The van der Waals surface area contributed by atoms with Crippen molar-refractivity contribution in [2.24, 2.45) is 10.4 Å². The lowest BCUT2D eigenvalue weighted by Gasteiger charge is -2.30. The van der Waals surface area contributed by atoms with Gasteiger partial charge in [-0.25, -0.2) is 0 Å². The van der Waals surface area contributed by atoms with Gasteiger partial charge in [-0.3, -0.25) is 4.99 Å². The van der Waals surface area contributed by atoms with Gasteiger partial charge in [0, 0.05) is 18.8 Å². The summed E-state index contributed by atoms with van der Waals surface area (Å²) in [6, 6.07) is 0. The van der Waals surface area contributed by atoms with Crippen molar-refractivity contribution in [2.75, 3.05) is 18.8 Å². The predicted octanol–water partition coefficient (Wildman–Crippen LogP) is 2.26. The number of rotatable bonds is 1. The van der Waals surface area contributed by atoms with Crippen molar-refractivity contribution in [1.29, 1.82) is 0 Å². The maximum absolute atomic E-state index is 4.62. The van der Waals surface area contributed by atoms with Crippen molar-refractivity contribution in [3.05, 3.63) is 0 Å². The van der Waals surface area contributed by atoms with E-state index in [2.05, 4.69) is 17.2 Å². The molecule has 1 saturated carbocycles. The van der Waals surface area contributed by atoms with Gasteiger partial charge < -0.3 is 5.32 Å². The van der Waals surface area contributed by atoms with E-state index in [0.29, 0.717) is 5.41 Å². The van der Waals surface area contributed by atoms with Crippen molar-refractivity contribution in [2.45, 2.75) is 32.6 Å². The van der Waals surface area contributed by atoms with Crippen LogP contribution in [-0.2, 0) is 0 Å². The van der Waals surface area contributed by atoms with Gasteiger partial charge in [-0.05, 0) is 25.2 Å². The van der Waals surface area contributed by atoms with Gasteiger partial charge in [-0.1, -0.05) is 24.6 Å². The second kappa shape index (κ2) is 3.91. The van der Waals surface area contributed by atoms with Gasteiger partial charge in [0.1, 0.15) is 0 Å². The molecule has 3 heteroatoms. The van der Waals surface area contributed by atoms with Crippen LogP contribution in [0.2, 0.25) is 0 Å². The zero-order valence-electron chi connectivity index (χ0n) is 8.31. The molecular formula is C10H18N2S. The second-order valence-corrected chi connectivity index (χ2v) is 5.11. The minimum Gasteiger partial charge on any atom is -0.365 e. The topological polar surface area (TPSA) is 24.4 Å². The van der Waals surface area contributed by atoms with Crippen LogP contribution in [0, 0.1) is 5.41 Å². The first kappa shape index (κ1) is 9.38. The highest BCUT2D eigenvalue weighted by Gasteiger charge is 2.36. The smallest absolute Gasteiger partial charge is 0.156 e. The Kier molecular flexibility index (Phi) is 2.82. The maximum atomic E-state index is 4.62. The number of thioether (sulfide) groups is 1. The summed E-state index contributed by atoms with van der Waals surface area (Å²) in [5.41, 5.74) is 0.587. The molecule has 1 aliphatic heterocycles. The highest BCUT2D eigenvalue weighted by Crippen LogP contribution is 2.43. The Hall–Kier alpha value is -0.180. The van der Waals surface area contributed by atoms with E-state index in [9.17, 15) is 0 Å². The van der Waals surface area contributed by atoms with Gasteiger partial charge in [-0.2, -0.15) is 0 Å². The summed E-state index contributed by atoms with van der Waals surface area (Å²) in [5, 5.41) is 4.47. The Bertz CT molecular complexity index is 207. The molecule has 0 bridgehead atoms. The third-order valence-electron chi connectivity index (χ3n) is 3.07. The van der Waals surface area contributed by atoms with Crippen LogP contribution in [0.15, 0.2) is 4.99 Å². The van der Waals surface area contributed by atoms with Crippen molar-refractivity contribution in [1.82, 2.24) is 5.32 Å². The standard InChI is InChI=1S/C10H18N2S/c1-2-11-9-12-7-10(8-13-9)5-3-4-6-10/h2-8H2,1H3,(H,11,12). The summed E-state index contributed by atoms with van der Waals surface area (Å²) in [6.07, 6.45) is 5.66. The lowest BCUT2D eigenvalue weighted by atomic mass is 9.89. The number of nitrogens with zero attached hydrogens (tertiary/aromatic N) is 1. The van der Waals surface area contributed by atoms with Crippen LogP contribution >= 0.6 is 11.8 Å². The number of amidine groups is 1. The second-order valence-electron chi connectivity index (χ2n) is 4.15. The zero-order valence-corrected chi connectivity index (χ0v) is 9.12. The Morgan fingerprint density at radius 1 is 1.46 bits per heavy atom. The largest absolute Gasteiger partial charge is 0.365 e. The highest BCUT2D eigenvalue weighted by atomic mass is 32.2. The molecule has 1 spiro atoms. The van der Waals surface area contributed by atoms with Crippen LogP contribution < -0.4 is 5.32 Å². The SMILES string of the molecule is CCNC1=NCC2(CCCC2)CS1. The fourth-order valence-corrected chi connectivity index (χ4v) is 3.46. The molecule has 1 heterocycles. The molecule has 2 rings (SSSR count). The molecule has 13 heavy (non-hydrogen) atoms. The monoisotopic (exact) mass is 198 g/mol. The molecule has 0 saturated heterocycles. The van der Waals surface area contributed by atoms with Crippen LogP contribution in [0.25, 0.3) is 0 Å². The third kappa shape index (κ3) is 2.01. The lowest BCUT2D eigenvalue weighted by Crippen LogP contribution is -2.33. The number of hydrogen-bond acceptors (Lipinski definition) is 3. The third-order valence-corrected chi connectivity index (χ3v) is 4.37. The van der Waals surface area contributed by atoms with E-state index >= 15 is 0 Å². The molecule has 0 atom stereocenters. The van der Waals surface area contributed by atoms with E-state index in [0.717, 1.165) is 13.1 Å². The zero-order chi connectivity index (χ0) is 9.15. The Labute approximate surface area is 84.6 Å². The average Bonchev–Trinajstić information content (AvgIpc) is 2.59. The molecule has 0 amide bonds. The summed E-state index contributed by atoms with van der Waals surface area (Å²) in [6.45, 7) is 4.20. The van der Waals surface area contributed by atoms with Crippen LogP contribution in [0.4, 0.5) is 0 Å². The number of aliphatic imine (C=N–C) groups is 1. The van der Waals surface area contributed by atoms with Crippen molar-refractivity contribution >= 4 is 16.9 Å². The van der Waals surface area contributed by atoms with E-state index in [4.69, 9.17) is 0 Å². The van der Waals surface area contributed by atoms with Crippen molar-refractivity contribution in [3.8, 4) is 0 Å². The number of hydrogen-bond donors (Lipinski definition) is 1. The summed E-state index contributed by atoms with van der Waals surface area (Å²) in [4.78, 5) is 4.62. The number of nitrogens with one attached hydrogen (secondary N) is 1. The first-order valence-electron chi connectivity index (χ1n) is 5.26. The fraction of sp³-hybridized carbons (Fsp3) is 0.900. The first-order valence-corrected chi connectivity index (χ1v) is 6.24. The normalized spacial score (nSPS) is 26.1. The molecule has 0 unspecified atom stereocenters. The summed E-state index contributed by atoms with van der Waals surface area (Å²) >= 11 is 1.92. The molecular weight excluding hydrogens is 180 g/mol. The van der Waals surface area contributed by atoms with E-state index < -0.39 is 0 Å². The average molecular weight is 198 g/mol. The van der Waals surface area contributed by atoms with Crippen molar-refractivity contribution in [3.63, 3.8) is 0 Å². The van der Waals surface area contributed by atoms with Crippen LogP contribution in [0.5, 0.6) is 0 Å².